The molecular formula is C6H6FIN2O. The van der Waals surface area contributed by atoms with Crippen LogP contribution < -0.4 is 5.56 Å². The smallest absolute Gasteiger partial charge is 0.264 e. The van der Waals surface area contributed by atoms with Gasteiger partial charge >= 0.3 is 0 Å². The van der Waals surface area contributed by atoms with Crippen molar-refractivity contribution in [2.75, 3.05) is 0 Å². The first kappa shape index (κ1) is 8.63. The predicted molar refractivity (Wildman–Crippen MR) is 47.1 cm³/mol. The molecule has 0 radical (unpaired) electrons. The maximum Gasteiger partial charge on any atom is 0.264 e. The Morgan fingerprint density at radius 3 is 2.91 bits per heavy atom. The first-order valence-electron chi connectivity index (χ1n) is 3.00. The maximum absolute atomic E-state index is 12.7. The molecule has 0 bridgehead atoms. The molecular weight excluding hydrogens is 262 g/mol. The average Bonchev–Trinajstić information content (AvgIpc) is 1.94. The maximum atomic E-state index is 12.7. The molecule has 0 aliphatic heterocycles. The van der Waals surface area contributed by atoms with Crippen molar-refractivity contribution in [3.05, 3.63) is 25.9 Å². The van der Waals surface area contributed by atoms with E-state index in [0.29, 0.717) is 3.57 Å². The number of H-pyrrole nitrogens is 1. The molecule has 1 N–H and O–H groups in total. The standard InChI is InChI=1S/C6H6FIN2O/c1-3(7)5-4(8)6(11)10-2-9-5/h2-3H,1H3,(H,9,10,11)/t3-/m0/s1. The van der Waals surface area contributed by atoms with Crippen molar-refractivity contribution in [1.82, 2.24) is 9.97 Å². The Bertz CT molecular complexity index is 310. The number of nitrogens with one attached hydrogen (secondary N) is 1. The first-order valence-corrected chi connectivity index (χ1v) is 4.08. The highest BCUT2D eigenvalue weighted by Crippen LogP contribution is 2.15. The van der Waals surface area contributed by atoms with Crippen LogP contribution in [0, 0.1) is 3.57 Å². The molecule has 1 aromatic heterocycles. The first-order chi connectivity index (χ1) is 5.13. The van der Waals surface area contributed by atoms with Crippen LogP contribution in [-0.4, -0.2) is 9.97 Å². The van der Waals surface area contributed by atoms with Gasteiger partial charge in [0.1, 0.15) is 9.74 Å². The topological polar surface area (TPSA) is 45.8 Å². The summed E-state index contributed by atoms with van der Waals surface area (Å²) in [6, 6.07) is 0. The number of alkyl halides is 1. The Morgan fingerprint density at radius 1 is 1.82 bits per heavy atom. The SMILES string of the molecule is C[C@H](F)c1nc[nH]c(=O)c1I. The van der Waals surface area contributed by atoms with Gasteiger partial charge in [-0.2, -0.15) is 0 Å². The van der Waals surface area contributed by atoms with Crippen molar-refractivity contribution in [3.8, 4) is 0 Å². The normalized spacial score (nSPS) is 13.0. The van der Waals surface area contributed by atoms with E-state index in [9.17, 15) is 9.18 Å². The highest BCUT2D eigenvalue weighted by atomic mass is 127. The van der Waals surface area contributed by atoms with Gasteiger partial charge in [0.2, 0.25) is 0 Å². The van der Waals surface area contributed by atoms with E-state index < -0.39 is 6.17 Å². The summed E-state index contributed by atoms with van der Waals surface area (Å²) in [6.45, 7) is 1.35. The summed E-state index contributed by atoms with van der Waals surface area (Å²) in [5.74, 6) is 0. The zero-order chi connectivity index (χ0) is 8.43. The van der Waals surface area contributed by atoms with E-state index >= 15 is 0 Å². The molecule has 60 valence electrons. The fourth-order valence-electron chi connectivity index (χ4n) is 0.674. The second-order valence-corrected chi connectivity index (χ2v) is 3.13. The lowest BCUT2D eigenvalue weighted by Gasteiger charge is -2.00. The van der Waals surface area contributed by atoms with Crippen LogP contribution in [-0.2, 0) is 0 Å². The van der Waals surface area contributed by atoms with Crippen LogP contribution in [0.25, 0.3) is 0 Å². The van der Waals surface area contributed by atoms with E-state index in [-0.39, 0.29) is 11.3 Å². The molecule has 1 heterocycles. The third-order valence-electron chi connectivity index (χ3n) is 1.20. The minimum Gasteiger partial charge on any atom is -0.312 e. The van der Waals surface area contributed by atoms with E-state index in [0.717, 1.165) is 0 Å². The monoisotopic (exact) mass is 268 g/mol. The van der Waals surface area contributed by atoms with Gasteiger partial charge in [-0.1, -0.05) is 0 Å². The molecule has 0 fully saturated rings. The Morgan fingerprint density at radius 2 is 2.45 bits per heavy atom. The third kappa shape index (κ3) is 1.76. The van der Waals surface area contributed by atoms with Crippen LogP contribution in [0.2, 0.25) is 0 Å². The van der Waals surface area contributed by atoms with Gasteiger partial charge in [0.15, 0.2) is 0 Å². The van der Waals surface area contributed by atoms with Gasteiger partial charge in [0.25, 0.3) is 5.56 Å². The molecule has 5 heteroatoms. The van der Waals surface area contributed by atoms with Crippen LogP contribution in [0.5, 0.6) is 0 Å². The molecule has 0 amide bonds. The van der Waals surface area contributed by atoms with Gasteiger partial charge in [0, 0.05) is 0 Å². The molecule has 0 spiro atoms. The number of halogens is 2. The predicted octanol–water partition coefficient (Wildman–Crippen LogP) is 1.41. The number of nitrogens with zero attached hydrogens (tertiary/aromatic N) is 1. The fraction of sp³-hybridized carbons (Fsp3) is 0.333. The van der Waals surface area contributed by atoms with E-state index in [1.165, 1.54) is 13.3 Å². The van der Waals surface area contributed by atoms with Crippen molar-refractivity contribution in [2.45, 2.75) is 13.1 Å². The van der Waals surface area contributed by atoms with Crippen molar-refractivity contribution < 1.29 is 4.39 Å². The molecule has 0 aromatic carbocycles. The molecule has 1 atom stereocenters. The summed E-state index contributed by atoms with van der Waals surface area (Å²) in [6.07, 6.45) is 0.0137. The summed E-state index contributed by atoms with van der Waals surface area (Å²) in [4.78, 5) is 16.9. The Balaban J connectivity index is 3.28. The molecule has 0 aliphatic rings. The molecule has 0 saturated carbocycles. The number of aromatic amines is 1. The largest absolute Gasteiger partial charge is 0.312 e. The van der Waals surface area contributed by atoms with Gasteiger partial charge in [-0.3, -0.25) is 4.79 Å². The minimum atomic E-state index is -1.19. The van der Waals surface area contributed by atoms with Crippen molar-refractivity contribution in [3.63, 3.8) is 0 Å². The van der Waals surface area contributed by atoms with E-state index in [2.05, 4.69) is 9.97 Å². The summed E-state index contributed by atoms with van der Waals surface area (Å²) in [5.41, 5.74) is -0.0885. The number of hydrogen-bond acceptors (Lipinski definition) is 2. The number of hydrogen-bond donors (Lipinski definition) is 1. The Labute approximate surface area is 76.2 Å². The zero-order valence-corrected chi connectivity index (χ0v) is 7.92. The van der Waals surface area contributed by atoms with Gasteiger partial charge in [0.05, 0.1) is 12.0 Å². The molecule has 1 aromatic rings. The highest BCUT2D eigenvalue weighted by Gasteiger charge is 2.10. The van der Waals surface area contributed by atoms with Gasteiger partial charge < -0.3 is 4.98 Å². The van der Waals surface area contributed by atoms with Crippen LogP contribution >= 0.6 is 22.6 Å². The Hall–Kier alpha value is -0.460. The van der Waals surface area contributed by atoms with E-state index in [1.54, 1.807) is 22.6 Å². The lowest BCUT2D eigenvalue weighted by molar-refractivity contribution is 0.363. The van der Waals surface area contributed by atoms with Gasteiger partial charge in [-0.25, -0.2) is 9.37 Å². The number of rotatable bonds is 1. The second kappa shape index (κ2) is 3.29. The highest BCUT2D eigenvalue weighted by molar-refractivity contribution is 14.1. The third-order valence-corrected chi connectivity index (χ3v) is 2.24. The summed E-state index contributed by atoms with van der Waals surface area (Å²) in [5, 5.41) is 0. The molecule has 0 aliphatic carbocycles. The molecule has 1 rings (SSSR count). The van der Waals surface area contributed by atoms with E-state index in [1.807, 2.05) is 0 Å². The molecule has 0 unspecified atom stereocenters. The summed E-state index contributed by atoms with van der Waals surface area (Å²) >= 11 is 1.77. The summed E-state index contributed by atoms with van der Waals surface area (Å²) < 4.78 is 13.0. The van der Waals surface area contributed by atoms with Gasteiger partial charge in [-0.05, 0) is 29.5 Å². The lowest BCUT2D eigenvalue weighted by atomic mass is 10.3. The zero-order valence-electron chi connectivity index (χ0n) is 5.77. The van der Waals surface area contributed by atoms with Crippen LogP contribution in [0.1, 0.15) is 18.8 Å². The minimum absolute atomic E-state index is 0.203. The fourth-order valence-corrected chi connectivity index (χ4v) is 1.40. The molecule has 3 nitrogen and oxygen atoms in total. The van der Waals surface area contributed by atoms with Gasteiger partial charge in [-0.15, -0.1) is 0 Å². The van der Waals surface area contributed by atoms with E-state index in [4.69, 9.17) is 0 Å². The Kier molecular flexibility index (Phi) is 2.58. The van der Waals surface area contributed by atoms with Crippen LogP contribution in [0.4, 0.5) is 4.39 Å². The van der Waals surface area contributed by atoms with Crippen molar-refractivity contribution >= 4 is 22.6 Å². The quantitative estimate of drug-likeness (QED) is 0.782. The van der Waals surface area contributed by atoms with Crippen LogP contribution in [0.15, 0.2) is 11.1 Å². The lowest BCUT2D eigenvalue weighted by Crippen LogP contribution is -2.14. The van der Waals surface area contributed by atoms with Crippen LogP contribution in [0.3, 0.4) is 0 Å². The molecule has 0 saturated heterocycles. The number of aromatic nitrogens is 2. The molecule has 11 heavy (non-hydrogen) atoms. The second-order valence-electron chi connectivity index (χ2n) is 2.05. The summed E-state index contributed by atoms with van der Waals surface area (Å²) in [7, 11) is 0. The van der Waals surface area contributed by atoms with Crippen molar-refractivity contribution in [2.24, 2.45) is 0 Å². The van der Waals surface area contributed by atoms with Crippen molar-refractivity contribution in [1.29, 1.82) is 0 Å². The average molecular weight is 268 g/mol.